The molecule has 1 heterocycles. The minimum atomic E-state index is -0.0970. The van der Waals surface area contributed by atoms with Gasteiger partial charge in [-0.1, -0.05) is 196 Å². The lowest BCUT2D eigenvalue weighted by Gasteiger charge is -2.24. The molecule has 1 aliphatic rings. The highest BCUT2D eigenvalue weighted by molar-refractivity contribution is 6.19. The lowest BCUT2D eigenvalue weighted by molar-refractivity contribution is 0.662. The van der Waals surface area contributed by atoms with Gasteiger partial charge in [-0.05, 0) is 89.0 Å². The predicted octanol–water partition coefficient (Wildman–Crippen LogP) is 14.6. The molecule has 0 saturated carbocycles. The van der Waals surface area contributed by atoms with Crippen molar-refractivity contribution in [2.24, 2.45) is 0 Å². The van der Waals surface area contributed by atoms with Gasteiger partial charge in [-0.3, -0.25) is 0 Å². The molecule has 0 bridgehead atoms. The van der Waals surface area contributed by atoms with Crippen molar-refractivity contribution in [2.75, 3.05) is 0 Å². The highest BCUT2D eigenvalue weighted by Crippen LogP contribution is 2.52. The van der Waals surface area contributed by atoms with E-state index in [9.17, 15) is 0 Å². The lowest BCUT2D eigenvalue weighted by atomic mass is 9.79. The summed E-state index contributed by atoms with van der Waals surface area (Å²) >= 11 is 0. The summed E-state index contributed by atoms with van der Waals surface area (Å²) in [6.45, 7) is 4.71. The molecule has 0 amide bonds. The van der Waals surface area contributed by atoms with E-state index in [4.69, 9.17) is 9.97 Å². The molecule has 11 rings (SSSR count). The topological polar surface area (TPSA) is 25.8 Å². The SMILES string of the molecule is CC1(C)c2ccccc2-c2cccc(-c3ccc(-c4cc(-c5c6ccccc6cc6c5ccc5ccccc56)nc(-c5ccc(-c6ccccc6)cc5)n4)cc3)c21. The molecule has 2 nitrogen and oxygen atoms in total. The zero-order chi connectivity index (χ0) is 38.1. The molecule has 1 aromatic heterocycles. The van der Waals surface area contributed by atoms with E-state index in [1.807, 2.05) is 0 Å². The third kappa shape index (κ3) is 5.40. The van der Waals surface area contributed by atoms with E-state index in [1.54, 1.807) is 0 Å². The molecule has 0 spiro atoms. The monoisotopic (exact) mass is 726 g/mol. The van der Waals surface area contributed by atoms with E-state index in [1.165, 1.54) is 71.3 Å². The quantitative estimate of drug-likeness (QED) is 0.130. The van der Waals surface area contributed by atoms with Crippen molar-refractivity contribution >= 4 is 32.3 Å². The minimum Gasteiger partial charge on any atom is -0.228 e. The first-order chi connectivity index (χ1) is 28.0. The molecule has 0 unspecified atom stereocenters. The number of nitrogens with zero attached hydrogens (tertiary/aromatic N) is 2. The first kappa shape index (κ1) is 33.2. The molecule has 268 valence electrons. The van der Waals surface area contributed by atoms with Gasteiger partial charge in [-0.25, -0.2) is 9.97 Å². The van der Waals surface area contributed by atoms with Crippen LogP contribution in [0.15, 0.2) is 194 Å². The zero-order valence-corrected chi connectivity index (χ0v) is 31.9. The van der Waals surface area contributed by atoms with Crippen molar-refractivity contribution in [3.05, 3.63) is 205 Å². The molecule has 0 fully saturated rings. The molecule has 0 radical (unpaired) electrons. The summed E-state index contributed by atoms with van der Waals surface area (Å²) < 4.78 is 0. The number of aromatic nitrogens is 2. The summed E-state index contributed by atoms with van der Waals surface area (Å²) in [6.07, 6.45) is 0. The molecule has 0 atom stereocenters. The first-order valence-corrected chi connectivity index (χ1v) is 19.7. The van der Waals surface area contributed by atoms with Gasteiger partial charge < -0.3 is 0 Å². The van der Waals surface area contributed by atoms with Gasteiger partial charge in [0, 0.05) is 22.1 Å². The average Bonchev–Trinajstić information content (AvgIpc) is 3.51. The van der Waals surface area contributed by atoms with Crippen LogP contribution in [0, 0.1) is 0 Å². The number of rotatable bonds is 5. The largest absolute Gasteiger partial charge is 0.228 e. The Balaban J connectivity index is 1.09. The maximum Gasteiger partial charge on any atom is 0.160 e. The van der Waals surface area contributed by atoms with Crippen molar-refractivity contribution in [2.45, 2.75) is 19.3 Å². The van der Waals surface area contributed by atoms with Crippen molar-refractivity contribution in [3.63, 3.8) is 0 Å². The second kappa shape index (κ2) is 13.0. The van der Waals surface area contributed by atoms with Gasteiger partial charge in [0.15, 0.2) is 5.82 Å². The van der Waals surface area contributed by atoms with Gasteiger partial charge in [0.05, 0.1) is 11.4 Å². The van der Waals surface area contributed by atoms with Gasteiger partial charge in [0.2, 0.25) is 0 Å². The van der Waals surface area contributed by atoms with Crippen LogP contribution < -0.4 is 0 Å². The summed E-state index contributed by atoms with van der Waals surface area (Å²) in [5.74, 6) is 0.702. The first-order valence-electron chi connectivity index (χ1n) is 19.7. The summed E-state index contributed by atoms with van der Waals surface area (Å²) in [7, 11) is 0. The van der Waals surface area contributed by atoms with E-state index < -0.39 is 0 Å². The molecular weight excluding hydrogens is 689 g/mol. The molecule has 0 aliphatic heterocycles. The molecule has 0 saturated heterocycles. The Kier molecular flexibility index (Phi) is 7.55. The van der Waals surface area contributed by atoms with Crippen LogP contribution in [-0.4, -0.2) is 9.97 Å². The van der Waals surface area contributed by atoms with Crippen molar-refractivity contribution in [3.8, 4) is 67.3 Å². The molecular formula is C55H38N2. The van der Waals surface area contributed by atoms with Crippen molar-refractivity contribution in [1.29, 1.82) is 0 Å². The van der Waals surface area contributed by atoms with Crippen LogP contribution in [-0.2, 0) is 5.41 Å². The fraction of sp³-hybridized carbons (Fsp3) is 0.0545. The molecule has 10 aromatic rings. The van der Waals surface area contributed by atoms with E-state index in [-0.39, 0.29) is 5.41 Å². The van der Waals surface area contributed by atoms with E-state index >= 15 is 0 Å². The minimum absolute atomic E-state index is 0.0970. The number of hydrogen-bond acceptors (Lipinski definition) is 2. The third-order valence-corrected chi connectivity index (χ3v) is 12.1. The van der Waals surface area contributed by atoms with Crippen LogP contribution in [0.3, 0.4) is 0 Å². The standard InChI is InChI=1S/C55H38N2/c1-55(2)49-22-11-10-19-45(49)47-21-12-20-44(53(47)55)38-25-27-39(28-26-38)50-34-51(57-54(56-50)40-29-23-36(24-30-40)35-13-4-3-5-14-35)52-43-18-9-7-16-41(43)33-48-42-17-8-6-15-37(42)31-32-46(48)52/h3-34H,1-2H3. The summed E-state index contributed by atoms with van der Waals surface area (Å²) in [6, 6.07) is 70.1. The lowest BCUT2D eigenvalue weighted by Crippen LogP contribution is -2.16. The second-order valence-corrected chi connectivity index (χ2v) is 15.7. The van der Waals surface area contributed by atoms with Crippen LogP contribution in [0.2, 0.25) is 0 Å². The fourth-order valence-corrected chi connectivity index (χ4v) is 9.30. The number of hydrogen-bond donors (Lipinski definition) is 0. The van der Waals surface area contributed by atoms with Crippen LogP contribution in [0.1, 0.15) is 25.0 Å². The Morgan fingerprint density at radius 3 is 1.77 bits per heavy atom. The van der Waals surface area contributed by atoms with E-state index in [0.717, 1.165) is 33.6 Å². The molecule has 2 heteroatoms. The number of fused-ring (bicyclic) bond motifs is 7. The zero-order valence-electron chi connectivity index (χ0n) is 31.9. The van der Waals surface area contributed by atoms with Crippen LogP contribution in [0.5, 0.6) is 0 Å². The van der Waals surface area contributed by atoms with Crippen LogP contribution in [0.25, 0.3) is 99.6 Å². The Morgan fingerprint density at radius 2 is 0.947 bits per heavy atom. The van der Waals surface area contributed by atoms with Gasteiger partial charge in [-0.2, -0.15) is 0 Å². The van der Waals surface area contributed by atoms with Gasteiger partial charge in [-0.15, -0.1) is 0 Å². The smallest absolute Gasteiger partial charge is 0.160 e. The van der Waals surface area contributed by atoms with Crippen molar-refractivity contribution in [1.82, 2.24) is 9.97 Å². The highest BCUT2D eigenvalue weighted by atomic mass is 14.9. The Bertz CT molecular complexity index is 3180. The van der Waals surface area contributed by atoms with Gasteiger partial charge in [0.25, 0.3) is 0 Å². The summed E-state index contributed by atoms with van der Waals surface area (Å²) in [4.78, 5) is 10.7. The molecule has 0 N–H and O–H groups in total. The van der Waals surface area contributed by atoms with Gasteiger partial charge in [0.1, 0.15) is 0 Å². The molecule has 9 aromatic carbocycles. The maximum absolute atomic E-state index is 5.41. The maximum atomic E-state index is 5.41. The predicted molar refractivity (Wildman–Crippen MR) is 239 cm³/mol. The van der Waals surface area contributed by atoms with Crippen LogP contribution >= 0.6 is 0 Å². The fourth-order valence-electron chi connectivity index (χ4n) is 9.30. The van der Waals surface area contributed by atoms with Crippen molar-refractivity contribution < 1.29 is 0 Å². The number of benzene rings is 9. The van der Waals surface area contributed by atoms with Gasteiger partial charge >= 0.3 is 0 Å². The third-order valence-electron chi connectivity index (χ3n) is 12.1. The normalized spacial score (nSPS) is 12.9. The Hall–Kier alpha value is -7.16. The van der Waals surface area contributed by atoms with E-state index in [2.05, 4.69) is 208 Å². The second-order valence-electron chi connectivity index (χ2n) is 15.7. The average molecular weight is 727 g/mol. The summed E-state index contributed by atoms with van der Waals surface area (Å²) in [5.41, 5.74) is 15.1. The Labute approximate surface area is 332 Å². The van der Waals surface area contributed by atoms with E-state index in [0.29, 0.717) is 5.82 Å². The van der Waals surface area contributed by atoms with Crippen LogP contribution in [0.4, 0.5) is 0 Å². The molecule has 1 aliphatic carbocycles. The Morgan fingerprint density at radius 1 is 0.351 bits per heavy atom. The molecule has 57 heavy (non-hydrogen) atoms. The summed E-state index contributed by atoms with van der Waals surface area (Å²) in [5, 5.41) is 7.23. The highest BCUT2D eigenvalue weighted by Gasteiger charge is 2.37.